The van der Waals surface area contributed by atoms with Gasteiger partial charge in [0.05, 0.1) is 18.5 Å². The molecular weight excluding hydrogens is 290 g/mol. The average Bonchev–Trinajstić information content (AvgIpc) is 2.30. The van der Waals surface area contributed by atoms with Crippen LogP contribution in [0, 0.1) is 17.0 Å². The van der Waals surface area contributed by atoms with E-state index in [0.29, 0.717) is 10.9 Å². The van der Waals surface area contributed by atoms with E-state index in [1.165, 1.54) is 13.2 Å². The summed E-state index contributed by atoms with van der Waals surface area (Å²) in [5, 5.41) is 11.5. The average molecular weight is 302 g/mol. The molecule has 0 heterocycles. The normalized spacial score (nSPS) is 10.1. The molecule has 0 spiro atoms. The minimum atomic E-state index is -0.488. The van der Waals surface area contributed by atoms with Crippen molar-refractivity contribution in [1.29, 1.82) is 0 Å². The molecule has 0 saturated heterocycles. The predicted molar refractivity (Wildman–Crippen MR) is 66.2 cm³/mol. The van der Waals surface area contributed by atoms with Gasteiger partial charge >= 0.3 is 5.97 Å². The van der Waals surface area contributed by atoms with Crippen molar-refractivity contribution in [2.75, 3.05) is 7.11 Å². The van der Waals surface area contributed by atoms with Crippen LogP contribution in [0.1, 0.15) is 16.7 Å². The fraction of sp³-hybridized carbons (Fsp3) is 0.364. The number of carbonyl (C=O) groups is 1. The number of methoxy groups -OCH3 is 1. The quantitative estimate of drug-likeness (QED) is 0.371. The lowest BCUT2D eigenvalue weighted by Crippen LogP contribution is -2.08. The number of ether oxygens (including phenoxy) is 1. The van der Waals surface area contributed by atoms with E-state index in [9.17, 15) is 14.9 Å². The van der Waals surface area contributed by atoms with Crippen molar-refractivity contribution in [3.05, 3.63) is 38.9 Å². The van der Waals surface area contributed by atoms with Crippen LogP contribution in [0.5, 0.6) is 0 Å². The van der Waals surface area contributed by atoms with Gasteiger partial charge in [0.1, 0.15) is 0 Å². The number of nitro groups is 1. The molecule has 0 N–H and O–H groups in total. The van der Waals surface area contributed by atoms with Crippen molar-refractivity contribution in [3.63, 3.8) is 0 Å². The Morgan fingerprint density at radius 1 is 1.47 bits per heavy atom. The van der Waals surface area contributed by atoms with E-state index in [2.05, 4.69) is 20.7 Å². The molecule has 0 aromatic heterocycles. The van der Waals surface area contributed by atoms with Gasteiger partial charge in [-0.05, 0) is 24.1 Å². The van der Waals surface area contributed by atoms with E-state index < -0.39 is 10.9 Å². The molecule has 6 heteroatoms. The summed E-state index contributed by atoms with van der Waals surface area (Å²) in [6, 6.07) is 3.15. The van der Waals surface area contributed by atoms with E-state index in [-0.39, 0.29) is 12.1 Å². The zero-order chi connectivity index (χ0) is 13.0. The number of aryl methyl sites for hydroxylation is 1. The predicted octanol–water partition coefficient (Wildman–Crippen LogP) is 2.51. The lowest BCUT2D eigenvalue weighted by molar-refractivity contribution is -0.385. The molecule has 0 aliphatic carbocycles. The van der Waals surface area contributed by atoms with Crippen LogP contribution >= 0.6 is 15.9 Å². The standard InChI is InChI=1S/C11H12BrNO4/c1-7-3-10(13(15)16)8(4-9(7)6-12)5-11(14)17-2/h3-4H,5-6H2,1-2H3. The topological polar surface area (TPSA) is 69.4 Å². The molecule has 17 heavy (non-hydrogen) atoms. The van der Waals surface area contributed by atoms with Crippen LogP contribution in [-0.4, -0.2) is 18.0 Å². The zero-order valence-electron chi connectivity index (χ0n) is 9.53. The van der Waals surface area contributed by atoms with Gasteiger partial charge < -0.3 is 4.74 Å². The van der Waals surface area contributed by atoms with E-state index in [0.717, 1.165) is 11.1 Å². The number of hydrogen-bond donors (Lipinski definition) is 0. The van der Waals surface area contributed by atoms with E-state index >= 15 is 0 Å². The Morgan fingerprint density at radius 3 is 2.59 bits per heavy atom. The molecule has 0 amide bonds. The maximum absolute atomic E-state index is 11.2. The third kappa shape index (κ3) is 3.26. The highest BCUT2D eigenvalue weighted by atomic mass is 79.9. The number of halogens is 1. The van der Waals surface area contributed by atoms with Crippen LogP contribution in [-0.2, 0) is 21.3 Å². The lowest BCUT2D eigenvalue weighted by Gasteiger charge is -2.07. The first-order chi connectivity index (χ1) is 7.99. The first-order valence-corrected chi connectivity index (χ1v) is 6.01. The van der Waals surface area contributed by atoms with Crippen LogP contribution in [0.25, 0.3) is 0 Å². The van der Waals surface area contributed by atoms with Gasteiger partial charge in [-0.3, -0.25) is 14.9 Å². The summed E-state index contributed by atoms with van der Waals surface area (Å²) >= 11 is 3.30. The largest absolute Gasteiger partial charge is 0.469 e. The first-order valence-electron chi connectivity index (χ1n) is 4.89. The highest BCUT2D eigenvalue weighted by Crippen LogP contribution is 2.25. The smallest absolute Gasteiger partial charge is 0.310 e. The maximum Gasteiger partial charge on any atom is 0.310 e. The molecule has 0 radical (unpaired) electrons. The first kappa shape index (κ1) is 13.6. The van der Waals surface area contributed by atoms with Gasteiger partial charge in [-0.1, -0.05) is 15.9 Å². The number of carbonyl (C=O) groups excluding carboxylic acids is 1. The second kappa shape index (κ2) is 5.77. The van der Waals surface area contributed by atoms with Crippen LogP contribution in [0.15, 0.2) is 12.1 Å². The van der Waals surface area contributed by atoms with Crippen LogP contribution in [0.2, 0.25) is 0 Å². The van der Waals surface area contributed by atoms with Gasteiger partial charge in [-0.25, -0.2) is 0 Å². The van der Waals surface area contributed by atoms with E-state index in [1.807, 2.05) is 0 Å². The molecule has 0 aliphatic rings. The number of nitrogens with zero attached hydrogens (tertiary/aromatic N) is 1. The van der Waals surface area contributed by atoms with Crippen molar-refractivity contribution in [2.45, 2.75) is 18.7 Å². The van der Waals surface area contributed by atoms with Crippen molar-refractivity contribution in [2.24, 2.45) is 0 Å². The molecule has 0 fully saturated rings. The summed E-state index contributed by atoms with van der Waals surface area (Å²) in [6.45, 7) is 1.80. The Bertz CT molecular complexity index is 459. The number of rotatable bonds is 4. The number of esters is 1. The number of alkyl halides is 1. The second-order valence-corrected chi connectivity index (χ2v) is 4.11. The highest BCUT2D eigenvalue weighted by Gasteiger charge is 2.18. The van der Waals surface area contributed by atoms with Gasteiger partial charge in [0.25, 0.3) is 5.69 Å². The van der Waals surface area contributed by atoms with Gasteiger partial charge in [0.2, 0.25) is 0 Å². The van der Waals surface area contributed by atoms with Gasteiger partial charge in [0, 0.05) is 17.0 Å². The second-order valence-electron chi connectivity index (χ2n) is 3.55. The molecular formula is C11H12BrNO4. The molecule has 1 rings (SSSR count). The van der Waals surface area contributed by atoms with E-state index in [1.54, 1.807) is 13.0 Å². The summed E-state index contributed by atoms with van der Waals surface area (Å²) < 4.78 is 4.52. The van der Waals surface area contributed by atoms with Gasteiger partial charge in [0.15, 0.2) is 0 Å². The minimum absolute atomic E-state index is 0.0439. The SMILES string of the molecule is COC(=O)Cc1cc(CBr)c(C)cc1[N+](=O)[O-]. The van der Waals surface area contributed by atoms with Crippen LogP contribution < -0.4 is 0 Å². The van der Waals surface area contributed by atoms with Crippen molar-refractivity contribution in [1.82, 2.24) is 0 Å². The van der Waals surface area contributed by atoms with Gasteiger partial charge in [-0.15, -0.1) is 0 Å². The molecule has 92 valence electrons. The number of hydrogen-bond acceptors (Lipinski definition) is 4. The van der Waals surface area contributed by atoms with Crippen molar-refractivity contribution in [3.8, 4) is 0 Å². The van der Waals surface area contributed by atoms with Crippen molar-refractivity contribution >= 4 is 27.6 Å². The monoisotopic (exact) mass is 301 g/mol. The zero-order valence-corrected chi connectivity index (χ0v) is 11.1. The molecule has 0 unspecified atom stereocenters. The molecule has 0 saturated carbocycles. The van der Waals surface area contributed by atoms with E-state index in [4.69, 9.17) is 0 Å². The van der Waals surface area contributed by atoms with Crippen LogP contribution in [0.3, 0.4) is 0 Å². The fourth-order valence-corrected chi connectivity index (χ4v) is 2.08. The summed E-state index contributed by atoms with van der Waals surface area (Å²) in [5.74, 6) is -0.488. The third-order valence-corrected chi connectivity index (χ3v) is 3.04. The Kier molecular flexibility index (Phi) is 4.62. The summed E-state index contributed by atoms with van der Waals surface area (Å²) in [4.78, 5) is 21.6. The van der Waals surface area contributed by atoms with Gasteiger partial charge in [-0.2, -0.15) is 0 Å². The molecule has 1 aromatic carbocycles. The molecule has 5 nitrogen and oxygen atoms in total. The Labute approximate surface area is 107 Å². The fourth-order valence-electron chi connectivity index (χ4n) is 1.47. The third-order valence-electron chi connectivity index (χ3n) is 2.44. The Morgan fingerprint density at radius 2 is 2.12 bits per heavy atom. The summed E-state index contributed by atoms with van der Waals surface area (Å²) in [6.07, 6.45) is -0.0902. The Hall–Kier alpha value is -1.43. The van der Waals surface area contributed by atoms with Crippen LogP contribution in [0.4, 0.5) is 5.69 Å². The Balaban J connectivity index is 3.23. The number of nitro benzene ring substituents is 1. The minimum Gasteiger partial charge on any atom is -0.469 e. The van der Waals surface area contributed by atoms with Crippen molar-refractivity contribution < 1.29 is 14.5 Å². The summed E-state index contributed by atoms with van der Waals surface area (Å²) in [5.41, 5.74) is 2.08. The molecule has 1 aromatic rings. The molecule has 0 atom stereocenters. The highest BCUT2D eigenvalue weighted by molar-refractivity contribution is 9.08. The number of benzene rings is 1. The maximum atomic E-state index is 11.2. The summed E-state index contributed by atoms with van der Waals surface area (Å²) in [7, 11) is 1.26. The molecule has 0 aliphatic heterocycles. The molecule has 0 bridgehead atoms. The lowest BCUT2D eigenvalue weighted by atomic mass is 10.0.